The quantitative estimate of drug-likeness (QED) is 0.536. The normalized spacial score (nSPS) is 13.7. The molecule has 0 bridgehead atoms. The van der Waals surface area contributed by atoms with Crippen molar-refractivity contribution in [2.24, 2.45) is 0 Å². The zero-order valence-corrected chi connectivity index (χ0v) is 16.4. The number of aromatic nitrogens is 4. The van der Waals surface area contributed by atoms with E-state index in [1.54, 1.807) is 9.47 Å². The van der Waals surface area contributed by atoms with Gasteiger partial charge in [-0.1, -0.05) is 0 Å². The van der Waals surface area contributed by atoms with Crippen molar-refractivity contribution in [2.75, 3.05) is 6.54 Å². The van der Waals surface area contributed by atoms with Crippen molar-refractivity contribution in [3.05, 3.63) is 62.1 Å². The van der Waals surface area contributed by atoms with Crippen LogP contribution in [0.4, 0.5) is 0 Å². The predicted octanol–water partition coefficient (Wildman–Crippen LogP) is -0.316. The Bertz CT molecular complexity index is 1280. The zero-order valence-electron chi connectivity index (χ0n) is 16.4. The second-order valence-corrected chi connectivity index (χ2v) is 7.30. The predicted molar refractivity (Wildman–Crippen MR) is 106 cm³/mol. The van der Waals surface area contributed by atoms with Crippen LogP contribution in [0.25, 0.3) is 5.65 Å². The molecule has 0 unspecified atom stereocenters. The number of pyridine rings is 2. The summed E-state index contributed by atoms with van der Waals surface area (Å²) in [4.78, 5) is 50.8. The van der Waals surface area contributed by atoms with Crippen molar-refractivity contribution in [3.63, 3.8) is 0 Å². The van der Waals surface area contributed by atoms with E-state index >= 15 is 0 Å². The molecule has 11 nitrogen and oxygen atoms in total. The number of aromatic amines is 1. The minimum absolute atomic E-state index is 0.0331. The second-order valence-electron chi connectivity index (χ2n) is 7.30. The van der Waals surface area contributed by atoms with E-state index in [-0.39, 0.29) is 23.8 Å². The third-order valence-corrected chi connectivity index (χ3v) is 5.13. The van der Waals surface area contributed by atoms with Crippen molar-refractivity contribution in [1.82, 2.24) is 29.4 Å². The molecule has 0 atom stereocenters. The lowest BCUT2D eigenvalue weighted by atomic mass is 10.1. The second kappa shape index (κ2) is 7.17. The van der Waals surface area contributed by atoms with Crippen LogP contribution in [0.2, 0.25) is 0 Å². The summed E-state index contributed by atoms with van der Waals surface area (Å²) in [6.45, 7) is 4.49. The van der Waals surface area contributed by atoms with E-state index in [2.05, 4.69) is 15.5 Å². The van der Waals surface area contributed by atoms with Gasteiger partial charge in [0.05, 0.1) is 12.1 Å². The third kappa shape index (κ3) is 3.13. The Balaban J connectivity index is 1.62. The summed E-state index contributed by atoms with van der Waals surface area (Å²) in [5.41, 5.74) is -0.211. The van der Waals surface area contributed by atoms with Gasteiger partial charge in [-0.3, -0.25) is 14.4 Å². The fraction of sp³-hybridized carbons (Fsp3) is 0.316. The van der Waals surface area contributed by atoms with Crippen LogP contribution in [-0.2, 0) is 13.1 Å². The van der Waals surface area contributed by atoms with E-state index in [9.17, 15) is 24.3 Å². The van der Waals surface area contributed by atoms with Gasteiger partial charge in [-0.2, -0.15) is 5.10 Å². The van der Waals surface area contributed by atoms with E-state index in [1.165, 1.54) is 28.8 Å². The first-order valence-corrected chi connectivity index (χ1v) is 9.39. The lowest BCUT2D eigenvalue weighted by Crippen LogP contribution is -2.46. The first-order valence-electron chi connectivity index (χ1n) is 9.39. The SMILES string of the molecule is CC(C)N1CCn2c(CNC(=O)c3ccc4n[nH]c(=O)n4c3)cc(=O)c(O)c2C1=O. The van der Waals surface area contributed by atoms with Gasteiger partial charge < -0.3 is 19.9 Å². The molecule has 11 heteroatoms. The number of carbonyl (C=O) groups is 2. The monoisotopic (exact) mass is 412 g/mol. The molecule has 30 heavy (non-hydrogen) atoms. The maximum atomic E-state index is 12.8. The van der Waals surface area contributed by atoms with Gasteiger partial charge in [-0.05, 0) is 26.0 Å². The molecule has 0 aliphatic carbocycles. The van der Waals surface area contributed by atoms with E-state index < -0.39 is 28.7 Å². The number of amides is 2. The van der Waals surface area contributed by atoms with Crippen molar-refractivity contribution < 1.29 is 14.7 Å². The molecule has 4 heterocycles. The van der Waals surface area contributed by atoms with Gasteiger partial charge in [0.1, 0.15) is 0 Å². The van der Waals surface area contributed by atoms with Crippen LogP contribution in [0.15, 0.2) is 34.0 Å². The lowest BCUT2D eigenvalue weighted by molar-refractivity contribution is 0.0639. The molecule has 3 aromatic heterocycles. The summed E-state index contributed by atoms with van der Waals surface area (Å²) in [7, 11) is 0. The molecular weight excluding hydrogens is 392 g/mol. The van der Waals surface area contributed by atoms with Crippen LogP contribution in [0.1, 0.15) is 40.4 Å². The molecule has 4 rings (SSSR count). The maximum Gasteiger partial charge on any atom is 0.347 e. The number of nitrogens with one attached hydrogen (secondary N) is 2. The van der Waals surface area contributed by atoms with Gasteiger partial charge in [0.2, 0.25) is 5.43 Å². The van der Waals surface area contributed by atoms with Crippen LogP contribution in [0.5, 0.6) is 5.75 Å². The average molecular weight is 412 g/mol. The summed E-state index contributed by atoms with van der Waals surface area (Å²) < 4.78 is 2.77. The zero-order chi connectivity index (χ0) is 21.6. The Labute approximate surface area is 169 Å². The highest BCUT2D eigenvalue weighted by Gasteiger charge is 2.31. The van der Waals surface area contributed by atoms with Gasteiger partial charge in [0.25, 0.3) is 11.8 Å². The minimum atomic E-state index is -0.684. The Morgan fingerprint density at radius 1 is 1.27 bits per heavy atom. The molecule has 0 radical (unpaired) electrons. The molecule has 1 aliphatic rings. The van der Waals surface area contributed by atoms with Crippen LogP contribution in [-0.4, -0.2) is 53.6 Å². The highest BCUT2D eigenvalue weighted by Crippen LogP contribution is 2.22. The molecule has 156 valence electrons. The average Bonchev–Trinajstić information content (AvgIpc) is 3.09. The molecule has 1 aliphatic heterocycles. The molecule has 3 N–H and O–H groups in total. The summed E-state index contributed by atoms with van der Waals surface area (Å²) in [6, 6.07) is 4.18. The van der Waals surface area contributed by atoms with Gasteiger partial charge in [-0.25, -0.2) is 14.3 Å². The molecular formula is C19H20N6O5. The molecule has 0 spiro atoms. The Kier molecular flexibility index (Phi) is 4.65. The maximum absolute atomic E-state index is 12.8. The molecule has 2 amide bonds. The van der Waals surface area contributed by atoms with Crippen LogP contribution in [0.3, 0.4) is 0 Å². The fourth-order valence-corrected chi connectivity index (χ4v) is 3.56. The Morgan fingerprint density at radius 2 is 2.03 bits per heavy atom. The van der Waals surface area contributed by atoms with E-state index in [0.717, 1.165) is 0 Å². The summed E-state index contributed by atoms with van der Waals surface area (Å²) in [6.07, 6.45) is 1.36. The van der Waals surface area contributed by atoms with Crippen LogP contribution < -0.4 is 16.4 Å². The molecule has 0 saturated carbocycles. The van der Waals surface area contributed by atoms with Crippen LogP contribution in [0, 0.1) is 0 Å². The van der Waals surface area contributed by atoms with Crippen molar-refractivity contribution in [3.8, 4) is 5.75 Å². The molecule has 0 aromatic carbocycles. The number of carbonyl (C=O) groups excluding carboxylic acids is 2. The van der Waals surface area contributed by atoms with Crippen molar-refractivity contribution in [2.45, 2.75) is 33.0 Å². The Hall–Kier alpha value is -3.89. The lowest BCUT2D eigenvalue weighted by Gasteiger charge is -2.34. The number of aromatic hydroxyl groups is 1. The fourth-order valence-electron chi connectivity index (χ4n) is 3.56. The van der Waals surface area contributed by atoms with Crippen molar-refractivity contribution in [1.29, 1.82) is 0 Å². The standard InChI is InChI=1S/C19H20N6O5/c1-10(2)23-5-6-24-12(7-13(26)16(27)15(24)18(23)29)8-20-17(28)11-3-4-14-21-22-19(30)25(14)9-11/h3-4,7,9-10,27H,5-6,8H2,1-2H3,(H,20,28)(H,22,30). The van der Waals surface area contributed by atoms with Crippen molar-refractivity contribution >= 4 is 17.5 Å². The highest BCUT2D eigenvalue weighted by atomic mass is 16.3. The molecule has 0 saturated heterocycles. The van der Waals surface area contributed by atoms with Gasteiger partial charge in [0.15, 0.2) is 17.1 Å². The molecule has 3 aromatic rings. The third-order valence-electron chi connectivity index (χ3n) is 5.13. The van der Waals surface area contributed by atoms with Gasteiger partial charge in [-0.15, -0.1) is 0 Å². The smallest absolute Gasteiger partial charge is 0.347 e. The minimum Gasteiger partial charge on any atom is -0.503 e. The number of hydrogen-bond acceptors (Lipinski definition) is 6. The number of hydrogen-bond donors (Lipinski definition) is 3. The largest absolute Gasteiger partial charge is 0.503 e. The number of H-pyrrole nitrogens is 1. The first-order chi connectivity index (χ1) is 14.3. The van der Waals surface area contributed by atoms with E-state index in [1.807, 2.05) is 13.8 Å². The molecule has 0 fully saturated rings. The van der Waals surface area contributed by atoms with Gasteiger partial charge in [0, 0.05) is 37.1 Å². The highest BCUT2D eigenvalue weighted by molar-refractivity contribution is 5.96. The van der Waals surface area contributed by atoms with E-state index in [4.69, 9.17) is 0 Å². The van der Waals surface area contributed by atoms with E-state index in [0.29, 0.717) is 24.4 Å². The summed E-state index contributed by atoms with van der Waals surface area (Å²) >= 11 is 0. The number of rotatable bonds is 4. The first kappa shape index (κ1) is 19.4. The number of nitrogens with zero attached hydrogens (tertiary/aromatic N) is 4. The summed E-state index contributed by atoms with van der Waals surface area (Å²) in [5, 5.41) is 19.0. The van der Waals surface area contributed by atoms with Gasteiger partial charge >= 0.3 is 5.69 Å². The summed E-state index contributed by atoms with van der Waals surface area (Å²) in [5.74, 6) is -1.49. The topological polar surface area (TPSA) is 142 Å². The Morgan fingerprint density at radius 3 is 2.77 bits per heavy atom. The van der Waals surface area contributed by atoms with Crippen LogP contribution >= 0.6 is 0 Å². The number of fused-ring (bicyclic) bond motifs is 2.